The van der Waals surface area contributed by atoms with Gasteiger partial charge in [-0.1, -0.05) is 30.3 Å². The molecular formula is C21H23N5O2. The molecule has 28 heavy (non-hydrogen) atoms. The maximum Gasteiger partial charge on any atom is 0.255 e. The highest BCUT2D eigenvalue weighted by atomic mass is 16.5. The Balaban J connectivity index is 1.55. The topological polar surface area (TPSA) is 79.4 Å². The van der Waals surface area contributed by atoms with Crippen LogP contribution in [0.4, 0.5) is 11.5 Å². The van der Waals surface area contributed by atoms with Crippen molar-refractivity contribution in [2.45, 2.75) is 0 Å². The molecule has 0 saturated heterocycles. The third kappa shape index (κ3) is 5.20. The molecular weight excluding hydrogens is 354 g/mol. The molecule has 7 heteroatoms. The monoisotopic (exact) mass is 377 g/mol. The van der Waals surface area contributed by atoms with Crippen molar-refractivity contribution in [3.63, 3.8) is 0 Å². The molecule has 0 saturated carbocycles. The first-order valence-corrected chi connectivity index (χ1v) is 8.97. The molecule has 0 aliphatic rings. The Hall–Kier alpha value is -3.61. The average molecular weight is 377 g/mol. The fourth-order valence-corrected chi connectivity index (χ4v) is 2.51. The second-order valence-electron chi connectivity index (χ2n) is 6.29. The normalized spacial score (nSPS) is 10.2. The molecule has 1 amide bonds. The van der Waals surface area contributed by atoms with Gasteiger partial charge in [-0.05, 0) is 24.3 Å². The van der Waals surface area contributed by atoms with E-state index in [4.69, 9.17) is 4.74 Å². The summed E-state index contributed by atoms with van der Waals surface area (Å²) in [5.41, 5.74) is 1.44. The van der Waals surface area contributed by atoms with Crippen molar-refractivity contribution in [3.05, 3.63) is 72.4 Å². The largest absolute Gasteiger partial charge is 0.457 e. The van der Waals surface area contributed by atoms with E-state index in [-0.39, 0.29) is 5.91 Å². The second kappa shape index (κ2) is 9.36. The number of hydrogen-bond donors (Lipinski definition) is 2. The minimum Gasteiger partial charge on any atom is -0.457 e. The summed E-state index contributed by atoms with van der Waals surface area (Å²) in [5, 5.41) is 14.0. The van der Waals surface area contributed by atoms with Gasteiger partial charge in [-0.3, -0.25) is 4.79 Å². The van der Waals surface area contributed by atoms with Gasteiger partial charge in [0.05, 0.1) is 17.4 Å². The van der Waals surface area contributed by atoms with E-state index >= 15 is 0 Å². The molecule has 0 unspecified atom stereocenters. The van der Waals surface area contributed by atoms with Gasteiger partial charge in [-0.15, -0.1) is 5.10 Å². The smallest absolute Gasteiger partial charge is 0.255 e. The molecule has 0 aliphatic carbocycles. The van der Waals surface area contributed by atoms with Crippen molar-refractivity contribution in [3.8, 4) is 11.5 Å². The number of hydrogen-bond acceptors (Lipinski definition) is 6. The standard InChI is InChI=1S/C21H23N5O2/c1-26(2)16-14-20(25-24-15-16)22-12-13-23-21(27)18-10-6-7-11-19(18)28-17-8-4-3-5-9-17/h3-11,14-15H,12-13H2,1-2H3,(H,22,25)(H,23,27). The number of aromatic nitrogens is 2. The van der Waals surface area contributed by atoms with Gasteiger partial charge in [0, 0.05) is 33.3 Å². The number of carbonyl (C=O) groups is 1. The lowest BCUT2D eigenvalue weighted by Gasteiger charge is -2.13. The van der Waals surface area contributed by atoms with Crippen molar-refractivity contribution in [2.24, 2.45) is 0 Å². The fraction of sp³-hybridized carbons (Fsp3) is 0.190. The number of benzene rings is 2. The minimum absolute atomic E-state index is 0.193. The third-order valence-electron chi connectivity index (χ3n) is 3.98. The van der Waals surface area contributed by atoms with E-state index < -0.39 is 0 Å². The van der Waals surface area contributed by atoms with E-state index in [1.165, 1.54) is 0 Å². The van der Waals surface area contributed by atoms with Crippen molar-refractivity contribution in [1.82, 2.24) is 15.5 Å². The van der Waals surface area contributed by atoms with Crippen LogP contribution in [0.2, 0.25) is 0 Å². The van der Waals surface area contributed by atoms with Gasteiger partial charge >= 0.3 is 0 Å². The molecule has 2 N–H and O–H groups in total. The van der Waals surface area contributed by atoms with Gasteiger partial charge < -0.3 is 20.3 Å². The highest BCUT2D eigenvalue weighted by molar-refractivity contribution is 5.97. The summed E-state index contributed by atoms with van der Waals surface area (Å²) in [7, 11) is 3.88. The van der Waals surface area contributed by atoms with Crippen LogP contribution >= 0.6 is 0 Å². The molecule has 0 fully saturated rings. The number of ether oxygens (including phenoxy) is 1. The van der Waals surface area contributed by atoms with E-state index in [1.807, 2.05) is 67.5 Å². The van der Waals surface area contributed by atoms with Crippen molar-refractivity contribution in [2.75, 3.05) is 37.4 Å². The molecule has 1 aromatic heterocycles. The van der Waals surface area contributed by atoms with Crippen LogP contribution in [0.3, 0.4) is 0 Å². The SMILES string of the molecule is CN(C)c1cnnc(NCCNC(=O)c2ccccc2Oc2ccccc2)c1. The van der Waals surface area contributed by atoms with Crippen molar-refractivity contribution >= 4 is 17.4 Å². The number of rotatable bonds is 8. The van der Waals surface area contributed by atoms with E-state index in [2.05, 4.69) is 20.8 Å². The number of carbonyl (C=O) groups excluding carboxylic acids is 1. The Labute approximate surface area is 164 Å². The zero-order valence-corrected chi connectivity index (χ0v) is 15.9. The first-order valence-electron chi connectivity index (χ1n) is 8.97. The highest BCUT2D eigenvalue weighted by Gasteiger charge is 2.12. The third-order valence-corrected chi connectivity index (χ3v) is 3.98. The zero-order valence-electron chi connectivity index (χ0n) is 15.9. The van der Waals surface area contributed by atoms with Crippen molar-refractivity contribution in [1.29, 1.82) is 0 Å². The lowest BCUT2D eigenvalue weighted by atomic mass is 10.2. The molecule has 7 nitrogen and oxygen atoms in total. The summed E-state index contributed by atoms with van der Waals surface area (Å²) >= 11 is 0. The van der Waals surface area contributed by atoms with Gasteiger partial charge in [0.15, 0.2) is 5.82 Å². The molecule has 2 aromatic carbocycles. The fourth-order valence-electron chi connectivity index (χ4n) is 2.51. The van der Waals surface area contributed by atoms with Gasteiger partial charge in [0.2, 0.25) is 0 Å². The van der Waals surface area contributed by atoms with Gasteiger partial charge in [0.1, 0.15) is 11.5 Å². The van der Waals surface area contributed by atoms with E-state index in [0.29, 0.717) is 36.0 Å². The van der Waals surface area contributed by atoms with E-state index in [9.17, 15) is 4.79 Å². The van der Waals surface area contributed by atoms with Crippen molar-refractivity contribution < 1.29 is 9.53 Å². The lowest BCUT2D eigenvalue weighted by Crippen LogP contribution is -2.29. The Morgan fingerprint density at radius 3 is 2.57 bits per heavy atom. The summed E-state index contributed by atoms with van der Waals surface area (Å²) in [6, 6.07) is 18.5. The predicted molar refractivity (Wildman–Crippen MR) is 110 cm³/mol. The molecule has 144 valence electrons. The average Bonchev–Trinajstić information content (AvgIpc) is 2.72. The summed E-state index contributed by atoms with van der Waals surface area (Å²) in [6.45, 7) is 0.964. The number of nitrogens with zero attached hydrogens (tertiary/aromatic N) is 3. The Bertz CT molecular complexity index is 915. The van der Waals surface area contributed by atoms with Crippen LogP contribution < -0.4 is 20.3 Å². The molecule has 0 aliphatic heterocycles. The van der Waals surface area contributed by atoms with Crippen LogP contribution in [0.5, 0.6) is 11.5 Å². The predicted octanol–water partition coefficient (Wildman–Crippen LogP) is 3.18. The first kappa shape index (κ1) is 19.2. The summed E-state index contributed by atoms with van der Waals surface area (Å²) in [4.78, 5) is 14.5. The molecule has 0 radical (unpaired) electrons. The quantitative estimate of drug-likeness (QED) is 0.587. The lowest BCUT2D eigenvalue weighted by molar-refractivity contribution is 0.0953. The molecule has 0 spiro atoms. The number of para-hydroxylation sites is 2. The summed E-state index contributed by atoms with van der Waals surface area (Å²) < 4.78 is 5.84. The number of amides is 1. The van der Waals surface area contributed by atoms with Gasteiger partial charge in [0.25, 0.3) is 5.91 Å². The Kier molecular flexibility index (Phi) is 6.41. The Morgan fingerprint density at radius 1 is 1.04 bits per heavy atom. The molecule has 3 aromatic rings. The molecule has 3 rings (SSSR count). The van der Waals surface area contributed by atoms with Gasteiger partial charge in [-0.25, -0.2) is 0 Å². The highest BCUT2D eigenvalue weighted by Crippen LogP contribution is 2.24. The minimum atomic E-state index is -0.193. The number of anilines is 2. The van der Waals surface area contributed by atoms with Gasteiger partial charge in [-0.2, -0.15) is 5.10 Å². The second-order valence-corrected chi connectivity index (χ2v) is 6.29. The van der Waals surface area contributed by atoms with E-state index in [1.54, 1.807) is 18.3 Å². The summed E-state index contributed by atoms with van der Waals surface area (Å²) in [6.07, 6.45) is 1.69. The van der Waals surface area contributed by atoms with Crippen LogP contribution in [0.1, 0.15) is 10.4 Å². The molecule has 0 atom stereocenters. The van der Waals surface area contributed by atoms with Crippen LogP contribution in [0, 0.1) is 0 Å². The first-order chi connectivity index (χ1) is 13.6. The van der Waals surface area contributed by atoms with Crippen LogP contribution in [0.25, 0.3) is 0 Å². The summed E-state index contributed by atoms with van der Waals surface area (Å²) in [5.74, 6) is 1.67. The Morgan fingerprint density at radius 2 is 1.79 bits per heavy atom. The van der Waals surface area contributed by atoms with Crippen LogP contribution in [0.15, 0.2) is 66.9 Å². The molecule has 0 bridgehead atoms. The van der Waals surface area contributed by atoms with Crippen LogP contribution in [-0.4, -0.2) is 43.3 Å². The maximum atomic E-state index is 12.6. The van der Waals surface area contributed by atoms with Crippen LogP contribution in [-0.2, 0) is 0 Å². The zero-order chi connectivity index (χ0) is 19.8. The number of nitrogens with one attached hydrogen (secondary N) is 2. The molecule has 1 heterocycles. The van der Waals surface area contributed by atoms with E-state index in [0.717, 1.165) is 5.69 Å². The maximum absolute atomic E-state index is 12.6.